The molecule has 0 aliphatic carbocycles. The second kappa shape index (κ2) is 8.37. The van der Waals surface area contributed by atoms with Gasteiger partial charge < -0.3 is 19.3 Å². The molecule has 3 aromatic carbocycles. The molecule has 0 amide bonds. The lowest BCUT2D eigenvalue weighted by Crippen LogP contribution is -1.96. The van der Waals surface area contributed by atoms with Crippen LogP contribution in [0.25, 0.3) is 22.3 Å². The zero-order valence-corrected chi connectivity index (χ0v) is 18.2. The van der Waals surface area contributed by atoms with Gasteiger partial charge in [0.25, 0.3) is 0 Å². The average molecular weight is 455 g/mol. The molecule has 2 aliphatic rings. The Labute approximate surface area is 190 Å². The molecule has 2 aliphatic heterocycles. The lowest BCUT2D eigenvalue weighted by molar-refractivity contribution is 0.357. The van der Waals surface area contributed by atoms with E-state index >= 15 is 0 Å². The molecule has 0 spiro atoms. The van der Waals surface area contributed by atoms with Crippen molar-refractivity contribution in [3.05, 3.63) is 70.2 Å². The summed E-state index contributed by atoms with van der Waals surface area (Å²) in [5, 5.41) is 9.70. The first-order chi connectivity index (χ1) is 15.1. The SMILES string of the molecule is Oc1ccc(-c2c3c(c(-c4ccc(OCC=C(Cl)Cl)cc4)c4c2OCC4)OCC3)cc1. The number of hydrogen-bond donors (Lipinski definition) is 1. The number of halogens is 2. The summed E-state index contributed by atoms with van der Waals surface area (Å²) in [5.41, 5.74) is 6.58. The number of ether oxygens (including phenoxy) is 3. The molecule has 6 heteroatoms. The highest BCUT2D eigenvalue weighted by molar-refractivity contribution is 6.55. The van der Waals surface area contributed by atoms with Crippen LogP contribution in [-0.4, -0.2) is 24.9 Å². The van der Waals surface area contributed by atoms with Gasteiger partial charge in [-0.15, -0.1) is 0 Å². The van der Waals surface area contributed by atoms with Gasteiger partial charge in [0.15, 0.2) is 0 Å². The van der Waals surface area contributed by atoms with Crippen LogP contribution in [0.3, 0.4) is 0 Å². The predicted octanol–water partition coefficient (Wildman–Crippen LogP) is 6.29. The van der Waals surface area contributed by atoms with E-state index in [1.54, 1.807) is 18.2 Å². The van der Waals surface area contributed by atoms with Crippen LogP contribution in [0.15, 0.2) is 59.1 Å². The summed E-state index contributed by atoms with van der Waals surface area (Å²) in [5.74, 6) is 2.84. The Hall–Kier alpha value is -2.82. The van der Waals surface area contributed by atoms with Crippen LogP contribution < -0.4 is 14.2 Å². The molecule has 2 heterocycles. The lowest BCUT2D eigenvalue weighted by Gasteiger charge is -2.18. The number of phenols is 1. The van der Waals surface area contributed by atoms with Crippen LogP contribution in [0.2, 0.25) is 0 Å². The van der Waals surface area contributed by atoms with Gasteiger partial charge in [0.2, 0.25) is 0 Å². The molecule has 1 N–H and O–H groups in total. The van der Waals surface area contributed by atoms with Crippen molar-refractivity contribution in [2.24, 2.45) is 0 Å². The first-order valence-corrected chi connectivity index (χ1v) is 10.9. The molecule has 0 unspecified atom stereocenters. The van der Waals surface area contributed by atoms with E-state index in [9.17, 15) is 5.11 Å². The molecule has 0 fully saturated rings. The lowest BCUT2D eigenvalue weighted by atomic mass is 9.87. The summed E-state index contributed by atoms with van der Waals surface area (Å²) < 4.78 is 18.1. The molecular formula is C25H20Cl2O4. The van der Waals surface area contributed by atoms with Gasteiger partial charge in [-0.05, 0) is 41.5 Å². The van der Waals surface area contributed by atoms with E-state index in [0.29, 0.717) is 19.8 Å². The maximum Gasteiger partial charge on any atom is 0.131 e. The topological polar surface area (TPSA) is 47.9 Å². The van der Waals surface area contributed by atoms with Crippen molar-refractivity contribution in [3.8, 4) is 45.3 Å². The van der Waals surface area contributed by atoms with E-state index in [1.807, 2.05) is 36.4 Å². The highest BCUT2D eigenvalue weighted by Gasteiger charge is 2.32. The fourth-order valence-electron chi connectivity index (χ4n) is 4.27. The number of fused-ring (bicyclic) bond motifs is 2. The van der Waals surface area contributed by atoms with Crippen LogP contribution in [0.1, 0.15) is 11.1 Å². The minimum Gasteiger partial charge on any atom is -0.508 e. The van der Waals surface area contributed by atoms with E-state index in [0.717, 1.165) is 63.5 Å². The Morgan fingerprint density at radius 3 is 1.87 bits per heavy atom. The number of rotatable bonds is 5. The average Bonchev–Trinajstić information content (AvgIpc) is 3.43. The molecule has 31 heavy (non-hydrogen) atoms. The van der Waals surface area contributed by atoms with Crippen molar-refractivity contribution < 1.29 is 19.3 Å². The van der Waals surface area contributed by atoms with Gasteiger partial charge in [-0.25, -0.2) is 0 Å². The van der Waals surface area contributed by atoms with Gasteiger partial charge in [0.1, 0.15) is 34.1 Å². The monoisotopic (exact) mass is 454 g/mol. The summed E-state index contributed by atoms with van der Waals surface area (Å²) >= 11 is 11.3. The molecule has 158 valence electrons. The third kappa shape index (κ3) is 3.82. The maximum absolute atomic E-state index is 9.70. The highest BCUT2D eigenvalue weighted by Crippen LogP contribution is 2.52. The predicted molar refractivity (Wildman–Crippen MR) is 123 cm³/mol. The molecule has 5 rings (SSSR count). The van der Waals surface area contributed by atoms with E-state index in [2.05, 4.69) is 0 Å². The first kappa shape index (κ1) is 20.1. The third-order valence-electron chi connectivity index (χ3n) is 5.59. The summed E-state index contributed by atoms with van der Waals surface area (Å²) in [6.45, 7) is 1.59. The summed E-state index contributed by atoms with van der Waals surface area (Å²) in [6.07, 6.45) is 3.25. The van der Waals surface area contributed by atoms with Gasteiger partial charge >= 0.3 is 0 Å². The Bertz CT molecular complexity index is 1110. The minimum absolute atomic E-state index is 0.189. The fourth-order valence-corrected chi connectivity index (χ4v) is 4.39. The molecule has 3 aromatic rings. The van der Waals surface area contributed by atoms with Crippen molar-refractivity contribution in [2.45, 2.75) is 12.8 Å². The minimum atomic E-state index is 0.189. The summed E-state index contributed by atoms with van der Waals surface area (Å²) in [6, 6.07) is 15.2. The van der Waals surface area contributed by atoms with E-state index in [1.165, 1.54) is 0 Å². The molecular weight excluding hydrogens is 435 g/mol. The smallest absolute Gasteiger partial charge is 0.131 e. The van der Waals surface area contributed by atoms with Gasteiger partial charge in [-0.2, -0.15) is 0 Å². The number of phenolic OH excluding ortho intramolecular Hbond substituents is 1. The Kier molecular flexibility index (Phi) is 5.43. The number of benzene rings is 3. The van der Waals surface area contributed by atoms with Gasteiger partial charge in [0.05, 0.1) is 13.2 Å². The zero-order chi connectivity index (χ0) is 21.4. The molecule has 0 radical (unpaired) electrons. The number of aromatic hydroxyl groups is 1. The second-order valence-electron chi connectivity index (χ2n) is 7.44. The molecule has 0 saturated carbocycles. The normalized spacial score (nSPS) is 13.7. The second-order valence-corrected chi connectivity index (χ2v) is 8.45. The van der Waals surface area contributed by atoms with Crippen molar-refractivity contribution in [1.29, 1.82) is 0 Å². The van der Waals surface area contributed by atoms with Gasteiger partial charge in [0, 0.05) is 35.1 Å². The maximum atomic E-state index is 9.70. The van der Waals surface area contributed by atoms with Crippen LogP contribution in [0.4, 0.5) is 0 Å². The van der Waals surface area contributed by atoms with E-state index in [-0.39, 0.29) is 10.2 Å². The quantitative estimate of drug-likeness (QED) is 0.491. The molecule has 0 bridgehead atoms. The summed E-state index contributed by atoms with van der Waals surface area (Å²) in [4.78, 5) is 0. The van der Waals surface area contributed by atoms with Crippen LogP contribution in [0.5, 0.6) is 23.0 Å². The number of hydrogen-bond acceptors (Lipinski definition) is 4. The molecule has 4 nitrogen and oxygen atoms in total. The van der Waals surface area contributed by atoms with Crippen LogP contribution in [0, 0.1) is 0 Å². The standard InChI is InChI=1S/C25H20Cl2O4/c26-21(27)11-14-29-18-7-3-16(4-8-18)23-20-10-13-30-24(20)22(19-9-12-31-25(19)23)15-1-5-17(28)6-2-15/h1-8,11,28H,9-10,12-14H2. The van der Waals surface area contributed by atoms with Crippen LogP contribution in [-0.2, 0) is 12.8 Å². The highest BCUT2D eigenvalue weighted by atomic mass is 35.5. The van der Waals surface area contributed by atoms with Crippen molar-refractivity contribution in [1.82, 2.24) is 0 Å². The zero-order valence-electron chi connectivity index (χ0n) is 16.7. The Morgan fingerprint density at radius 1 is 0.839 bits per heavy atom. The van der Waals surface area contributed by atoms with Crippen molar-refractivity contribution in [3.63, 3.8) is 0 Å². The first-order valence-electron chi connectivity index (χ1n) is 10.1. The van der Waals surface area contributed by atoms with Crippen LogP contribution >= 0.6 is 23.2 Å². The fraction of sp³-hybridized carbons (Fsp3) is 0.200. The Morgan fingerprint density at radius 2 is 1.35 bits per heavy atom. The molecule has 0 aromatic heterocycles. The van der Waals surface area contributed by atoms with Gasteiger partial charge in [-0.3, -0.25) is 0 Å². The molecule has 0 saturated heterocycles. The Balaban J connectivity index is 1.58. The molecule has 0 atom stereocenters. The van der Waals surface area contributed by atoms with E-state index in [4.69, 9.17) is 37.4 Å². The van der Waals surface area contributed by atoms with Gasteiger partial charge in [-0.1, -0.05) is 47.5 Å². The van der Waals surface area contributed by atoms with E-state index < -0.39 is 0 Å². The van der Waals surface area contributed by atoms with Crippen molar-refractivity contribution in [2.75, 3.05) is 19.8 Å². The summed E-state index contributed by atoms with van der Waals surface area (Å²) in [7, 11) is 0. The van der Waals surface area contributed by atoms with Crippen molar-refractivity contribution >= 4 is 23.2 Å². The largest absolute Gasteiger partial charge is 0.508 e. The third-order valence-corrected chi connectivity index (χ3v) is 5.90.